The summed E-state index contributed by atoms with van der Waals surface area (Å²) in [7, 11) is -3.54. The Kier molecular flexibility index (Phi) is 6.11. The van der Waals surface area contributed by atoms with Crippen molar-refractivity contribution in [2.24, 2.45) is 0 Å². The van der Waals surface area contributed by atoms with Crippen molar-refractivity contribution in [2.75, 3.05) is 31.5 Å². The van der Waals surface area contributed by atoms with Crippen LogP contribution in [0.25, 0.3) is 21.5 Å². The second-order valence-electron chi connectivity index (χ2n) is 7.98. The van der Waals surface area contributed by atoms with Crippen molar-refractivity contribution in [3.8, 4) is 10.4 Å². The van der Waals surface area contributed by atoms with Gasteiger partial charge in [-0.3, -0.25) is 14.4 Å². The summed E-state index contributed by atoms with van der Waals surface area (Å²) in [4.78, 5) is 41.5. The molecule has 2 aromatic carbocycles. The number of aromatic nitrogens is 2. The standard InChI is InChI=1S/C23H21N5O5S2/c29-21(15-4-5-17-18(13-15)27-23(31)22(30)26-17)25-16-3-1-2-14(12-16)19-6-7-20(34-19)35(32,33)28-10-8-24-9-11-28/h1-7,12-13,24H,8-11H2,(H,25,29)(H,26,30)(H,27,31). The number of carbonyl (C=O) groups excluding carboxylic acids is 1. The van der Waals surface area contributed by atoms with Gasteiger partial charge in [-0.1, -0.05) is 12.1 Å². The summed E-state index contributed by atoms with van der Waals surface area (Å²) < 4.78 is 27.7. The van der Waals surface area contributed by atoms with Gasteiger partial charge in [-0.05, 0) is 48.0 Å². The van der Waals surface area contributed by atoms with Gasteiger partial charge in [0, 0.05) is 42.3 Å². The van der Waals surface area contributed by atoms with Crippen molar-refractivity contribution in [1.82, 2.24) is 19.6 Å². The monoisotopic (exact) mass is 511 g/mol. The second kappa shape index (κ2) is 9.23. The Morgan fingerprint density at radius 1 is 0.914 bits per heavy atom. The highest BCUT2D eigenvalue weighted by Gasteiger charge is 2.27. The number of rotatable bonds is 5. The first-order chi connectivity index (χ1) is 16.8. The van der Waals surface area contributed by atoms with Crippen LogP contribution in [0.1, 0.15) is 10.4 Å². The number of nitrogens with zero attached hydrogens (tertiary/aromatic N) is 1. The molecule has 3 heterocycles. The molecule has 35 heavy (non-hydrogen) atoms. The van der Waals surface area contributed by atoms with E-state index >= 15 is 0 Å². The minimum atomic E-state index is -3.54. The molecule has 10 nitrogen and oxygen atoms in total. The summed E-state index contributed by atoms with van der Waals surface area (Å²) in [6.07, 6.45) is 0. The molecule has 1 aliphatic heterocycles. The van der Waals surface area contributed by atoms with E-state index in [0.29, 0.717) is 48.5 Å². The lowest BCUT2D eigenvalue weighted by Gasteiger charge is -2.25. The number of amides is 1. The van der Waals surface area contributed by atoms with Crippen LogP contribution < -0.4 is 21.8 Å². The molecule has 4 N–H and O–H groups in total. The number of hydrogen-bond donors (Lipinski definition) is 4. The number of aromatic amines is 2. The zero-order chi connectivity index (χ0) is 24.6. The van der Waals surface area contributed by atoms with Gasteiger partial charge >= 0.3 is 11.1 Å². The van der Waals surface area contributed by atoms with E-state index in [-0.39, 0.29) is 4.21 Å². The van der Waals surface area contributed by atoms with E-state index in [1.54, 1.807) is 42.5 Å². The predicted octanol–water partition coefficient (Wildman–Crippen LogP) is 1.79. The first-order valence-corrected chi connectivity index (χ1v) is 13.1. The lowest BCUT2D eigenvalue weighted by atomic mass is 10.1. The number of fused-ring (bicyclic) bond motifs is 1. The topological polar surface area (TPSA) is 144 Å². The van der Waals surface area contributed by atoms with Gasteiger partial charge < -0.3 is 20.6 Å². The third-order valence-corrected chi connectivity index (χ3v) is 9.14. The van der Waals surface area contributed by atoms with Gasteiger partial charge in [0.05, 0.1) is 11.0 Å². The molecular formula is C23H21N5O5S2. The van der Waals surface area contributed by atoms with Gasteiger partial charge in [-0.15, -0.1) is 11.3 Å². The molecule has 0 atom stereocenters. The first kappa shape index (κ1) is 23.2. The Morgan fingerprint density at radius 2 is 1.66 bits per heavy atom. The van der Waals surface area contributed by atoms with Crippen molar-refractivity contribution in [1.29, 1.82) is 0 Å². The van der Waals surface area contributed by atoms with Crippen LogP contribution in [0.15, 0.2) is 68.4 Å². The lowest BCUT2D eigenvalue weighted by Crippen LogP contribution is -2.46. The molecule has 0 aliphatic carbocycles. The molecule has 0 saturated carbocycles. The van der Waals surface area contributed by atoms with E-state index in [9.17, 15) is 22.8 Å². The number of benzene rings is 2. The van der Waals surface area contributed by atoms with Gasteiger partial charge in [-0.2, -0.15) is 4.31 Å². The Labute approximate surface area is 203 Å². The van der Waals surface area contributed by atoms with E-state index in [1.165, 1.54) is 21.7 Å². The summed E-state index contributed by atoms with van der Waals surface area (Å²) in [5, 5.41) is 5.97. The van der Waals surface area contributed by atoms with Crippen LogP contribution in [-0.4, -0.2) is 54.8 Å². The van der Waals surface area contributed by atoms with Crippen LogP contribution in [0.4, 0.5) is 5.69 Å². The third kappa shape index (κ3) is 4.68. The van der Waals surface area contributed by atoms with Gasteiger partial charge in [-0.25, -0.2) is 8.42 Å². The van der Waals surface area contributed by atoms with Crippen molar-refractivity contribution in [3.05, 3.63) is 80.9 Å². The molecule has 12 heteroatoms. The number of thiophene rings is 1. The van der Waals surface area contributed by atoms with Gasteiger partial charge in [0.25, 0.3) is 15.9 Å². The van der Waals surface area contributed by atoms with Gasteiger partial charge in [0.1, 0.15) is 4.21 Å². The SMILES string of the molecule is O=C(Nc1cccc(-c2ccc(S(=O)(=O)N3CCNCC3)s2)c1)c1ccc2[nH]c(=O)c(=O)[nH]c2c1. The lowest BCUT2D eigenvalue weighted by molar-refractivity contribution is 0.102. The molecular weight excluding hydrogens is 490 g/mol. The molecule has 180 valence electrons. The number of anilines is 1. The maximum atomic E-state index is 12.9. The molecule has 1 amide bonds. The second-order valence-corrected chi connectivity index (χ2v) is 11.2. The highest BCUT2D eigenvalue weighted by atomic mass is 32.2. The summed E-state index contributed by atoms with van der Waals surface area (Å²) >= 11 is 1.19. The molecule has 5 rings (SSSR count). The van der Waals surface area contributed by atoms with E-state index in [4.69, 9.17) is 0 Å². The maximum Gasteiger partial charge on any atom is 0.314 e. The van der Waals surface area contributed by atoms with Crippen LogP contribution in [0.2, 0.25) is 0 Å². The Morgan fingerprint density at radius 3 is 2.43 bits per heavy atom. The van der Waals surface area contributed by atoms with Gasteiger partial charge in [0.15, 0.2) is 0 Å². The molecule has 0 spiro atoms. The quantitative estimate of drug-likeness (QED) is 0.301. The van der Waals surface area contributed by atoms with Crippen LogP contribution in [0.3, 0.4) is 0 Å². The molecule has 1 saturated heterocycles. The van der Waals surface area contributed by atoms with Crippen LogP contribution in [-0.2, 0) is 10.0 Å². The molecule has 1 fully saturated rings. The summed E-state index contributed by atoms with van der Waals surface area (Å²) in [5.41, 5.74) is 0.801. The predicted molar refractivity (Wildman–Crippen MR) is 135 cm³/mol. The average Bonchev–Trinajstić information content (AvgIpc) is 3.37. The van der Waals surface area contributed by atoms with E-state index in [0.717, 1.165) is 10.4 Å². The highest BCUT2D eigenvalue weighted by Crippen LogP contribution is 2.33. The summed E-state index contributed by atoms with van der Waals surface area (Å²) in [6.45, 7) is 2.14. The molecule has 0 radical (unpaired) electrons. The maximum absolute atomic E-state index is 12.9. The molecule has 1 aliphatic rings. The van der Waals surface area contributed by atoms with E-state index < -0.39 is 27.0 Å². The number of sulfonamides is 1. The van der Waals surface area contributed by atoms with Crippen molar-refractivity contribution < 1.29 is 13.2 Å². The first-order valence-electron chi connectivity index (χ1n) is 10.8. The minimum Gasteiger partial charge on any atom is -0.322 e. The molecule has 0 unspecified atom stereocenters. The van der Waals surface area contributed by atoms with E-state index in [1.807, 2.05) is 6.07 Å². The Balaban J connectivity index is 1.36. The smallest absolute Gasteiger partial charge is 0.314 e. The average molecular weight is 512 g/mol. The fraction of sp³-hybridized carbons (Fsp3) is 0.174. The zero-order valence-corrected chi connectivity index (χ0v) is 20.0. The van der Waals surface area contributed by atoms with Crippen LogP contribution in [0, 0.1) is 0 Å². The van der Waals surface area contributed by atoms with Crippen molar-refractivity contribution >= 4 is 44.0 Å². The van der Waals surface area contributed by atoms with E-state index in [2.05, 4.69) is 20.6 Å². The fourth-order valence-electron chi connectivity index (χ4n) is 3.84. The number of H-pyrrole nitrogens is 2. The molecule has 4 aromatic rings. The minimum absolute atomic E-state index is 0.284. The highest BCUT2D eigenvalue weighted by molar-refractivity contribution is 7.91. The van der Waals surface area contributed by atoms with Gasteiger partial charge in [0.2, 0.25) is 0 Å². The fourth-order valence-corrected chi connectivity index (χ4v) is 6.73. The number of carbonyl (C=O) groups is 1. The number of piperazine rings is 1. The normalized spacial score (nSPS) is 14.7. The van der Waals surface area contributed by atoms with Crippen LogP contribution in [0.5, 0.6) is 0 Å². The summed E-state index contributed by atoms with van der Waals surface area (Å²) in [5.74, 6) is -0.399. The number of hydrogen-bond acceptors (Lipinski definition) is 7. The molecule has 2 aromatic heterocycles. The number of nitrogens with one attached hydrogen (secondary N) is 4. The van der Waals surface area contributed by atoms with Crippen LogP contribution >= 0.6 is 11.3 Å². The van der Waals surface area contributed by atoms with Crippen molar-refractivity contribution in [3.63, 3.8) is 0 Å². The Bertz CT molecular complexity index is 1650. The summed E-state index contributed by atoms with van der Waals surface area (Å²) in [6, 6.07) is 15.1. The third-order valence-electron chi connectivity index (χ3n) is 5.64. The Hall–Kier alpha value is -3.58. The zero-order valence-electron chi connectivity index (χ0n) is 18.3. The molecule has 0 bridgehead atoms. The van der Waals surface area contributed by atoms with Crippen molar-refractivity contribution in [2.45, 2.75) is 4.21 Å². The largest absolute Gasteiger partial charge is 0.322 e.